The average Bonchev–Trinajstić information content (AvgIpc) is 2.43. The quantitative estimate of drug-likeness (QED) is 0.740. The Bertz CT molecular complexity index is 436. The molecular formula is C16H21BrFN. The van der Waals surface area contributed by atoms with Crippen molar-refractivity contribution in [2.24, 2.45) is 0 Å². The first-order chi connectivity index (χ1) is 9.24. The lowest BCUT2D eigenvalue weighted by molar-refractivity contribution is 0.514. The molecule has 0 aromatic heterocycles. The average molecular weight is 326 g/mol. The third-order valence-corrected chi connectivity index (χ3v) is 4.28. The van der Waals surface area contributed by atoms with Gasteiger partial charge in [-0.05, 0) is 50.8 Å². The normalized spacial score (nSPS) is 17.1. The van der Waals surface area contributed by atoms with Crippen LogP contribution in [0, 0.1) is 5.82 Å². The molecule has 0 heterocycles. The summed E-state index contributed by atoms with van der Waals surface area (Å²) in [5.74, 6) is -0.130. The summed E-state index contributed by atoms with van der Waals surface area (Å²) in [6.07, 6.45) is 7.99. The SMILES string of the molecule is CCCNC(C1=CCCCC1)c1c(F)cccc1Br. The van der Waals surface area contributed by atoms with Crippen LogP contribution in [0.4, 0.5) is 4.39 Å². The Balaban J connectivity index is 2.33. The number of rotatable bonds is 5. The second-order valence-electron chi connectivity index (χ2n) is 5.05. The van der Waals surface area contributed by atoms with Gasteiger partial charge in [0.1, 0.15) is 5.82 Å². The summed E-state index contributed by atoms with van der Waals surface area (Å²) in [6.45, 7) is 3.04. The van der Waals surface area contributed by atoms with E-state index in [9.17, 15) is 4.39 Å². The highest BCUT2D eigenvalue weighted by Gasteiger charge is 2.22. The summed E-state index contributed by atoms with van der Waals surface area (Å²) in [4.78, 5) is 0. The van der Waals surface area contributed by atoms with Gasteiger partial charge in [-0.3, -0.25) is 0 Å². The molecule has 1 aromatic rings. The minimum Gasteiger partial charge on any atom is -0.306 e. The summed E-state index contributed by atoms with van der Waals surface area (Å²) in [7, 11) is 0. The summed E-state index contributed by atoms with van der Waals surface area (Å²) in [5, 5.41) is 3.50. The second kappa shape index (κ2) is 7.20. The molecule has 1 aliphatic rings. The lowest BCUT2D eigenvalue weighted by Gasteiger charge is -2.26. The van der Waals surface area contributed by atoms with Crippen LogP contribution in [0.5, 0.6) is 0 Å². The Morgan fingerprint density at radius 3 is 2.84 bits per heavy atom. The second-order valence-corrected chi connectivity index (χ2v) is 5.90. The van der Waals surface area contributed by atoms with Crippen LogP contribution in [0.15, 0.2) is 34.3 Å². The van der Waals surface area contributed by atoms with Crippen molar-refractivity contribution in [3.05, 3.63) is 45.7 Å². The zero-order valence-corrected chi connectivity index (χ0v) is 13.0. The minimum absolute atomic E-state index is 0.0100. The zero-order chi connectivity index (χ0) is 13.7. The number of benzene rings is 1. The first kappa shape index (κ1) is 14.7. The molecule has 2 rings (SSSR count). The van der Waals surface area contributed by atoms with Crippen molar-refractivity contribution < 1.29 is 4.39 Å². The number of nitrogens with one attached hydrogen (secondary N) is 1. The predicted molar refractivity (Wildman–Crippen MR) is 81.7 cm³/mol. The lowest BCUT2D eigenvalue weighted by atomic mass is 9.89. The fourth-order valence-electron chi connectivity index (χ4n) is 2.62. The molecule has 0 saturated carbocycles. The maximum atomic E-state index is 14.2. The van der Waals surface area contributed by atoms with Gasteiger partial charge in [0, 0.05) is 10.0 Å². The van der Waals surface area contributed by atoms with Crippen LogP contribution < -0.4 is 5.32 Å². The van der Waals surface area contributed by atoms with Gasteiger partial charge in [-0.15, -0.1) is 0 Å². The molecule has 1 aliphatic carbocycles. The Morgan fingerprint density at radius 1 is 1.37 bits per heavy atom. The van der Waals surface area contributed by atoms with E-state index in [0.717, 1.165) is 35.8 Å². The summed E-state index contributed by atoms with van der Waals surface area (Å²) in [5.41, 5.74) is 2.09. The van der Waals surface area contributed by atoms with E-state index in [0.29, 0.717) is 0 Å². The molecule has 0 amide bonds. The fourth-order valence-corrected chi connectivity index (χ4v) is 3.19. The van der Waals surface area contributed by atoms with Gasteiger partial charge >= 0.3 is 0 Å². The van der Waals surface area contributed by atoms with Crippen molar-refractivity contribution in [3.63, 3.8) is 0 Å². The molecule has 1 N–H and O–H groups in total. The molecule has 0 spiro atoms. The molecule has 0 saturated heterocycles. The monoisotopic (exact) mass is 325 g/mol. The van der Waals surface area contributed by atoms with Crippen LogP contribution in [0.3, 0.4) is 0 Å². The predicted octanol–water partition coefficient (Wildman–Crippen LogP) is 5.13. The van der Waals surface area contributed by atoms with E-state index in [1.807, 2.05) is 6.07 Å². The largest absolute Gasteiger partial charge is 0.306 e. The first-order valence-electron chi connectivity index (χ1n) is 7.10. The van der Waals surface area contributed by atoms with Crippen LogP contribution in [0.2, 0.25) is 0 Å². The number of halogens is 2. The molecule has 0 fully saturated rings. The highest BCUT2D eigenvalue weighted by atomic mass is 79.9. The van der Waals surface area contributed by atoms with Gasteiger partial charge in [-0.25, -0.2) is 4.39 Å². The van der Waals surface area contributed by atoms with Crippen molar-refractivity contribution in [2.45, 2.75) is 45.1 Å². The van der Waals surface area contributed by atoms with E-state index < -0.39 is 0 Å². The van der Waals surface area contributed by atoms with Crippen molar-refractivity contribution in [2.75, 3.05) is 6.54 Å². The van der Waals surface area contributed by atoms with E-state index in [-0.39, 0.29) is 11.9 Å². The van der Waals surface area contributed by atoms with Gasteiger partial charge in [-0.2, -0.15) is 0 Å². The molecular weight excluding hydrogens is 305 g/mol. The summed E-state index contributed by atoms with van der Waals surface area (Å²) >= 11 is 3.50. The molecule has 1 aromatic carbocycles. The molecule has 3 heteroatoms. The third-order valence-electron chi connectivity index (χ3n) is 3.58. The summed E-state index contributed by atoms with van der Waals surface area (Å²) in [6, 6.07) is 5.22. The Labute approximate surface area is 123 Å². The van der Waals surface area contributed by atoms with Gasteiger partial charge in [0.2, 0.25) is 0 Å². The highest BCUT2D eigenvalue weighted by Crippen LogP contribution is 2.35. The minimum atomic E-state index is -0.130. The maximum absolute atomic E-state index is 14.2. The standard InChI is InChI=1S/C16H21BrFN/c1-2-11-19-16(12-7-4-3-5-8-12)15-13(17)9-6-10-14(15)18/h6-7,9-10,16,19H,2-5,8,11H2,1H3. The molecule has 104 valence electrons. The van der Waals surface area contributed by atoms with Crippen LogP contribution in [-0.4, -0.2) is 6.54 Å². The highest BCUT2D eigenvalue weighted by molar-refractivity contribution is 9.10. The van der Waals surface area contributed by atoms with Crippen LogP contribution >= 0.6 is 15.9 Å². The van der Waals surface area contributed by atoms with Crippen molar-refractivity contribution in [3.8, 4) is 0 Å². The van der Waals surface area contributed by atoms with Gasteiger partial charge in [-0.1, -0.05) is 40.6 Å². The van der Waals surface area contributed by atoms with Crippen LogP contribution in [0.1, 0.15) is 50.6 Å². The van der Waals surface area contributed by atoms with Crippen molar-refractivity contribution in [1.82, 2.24) is 5.32 Å². The maximum Gasteiger partial charge on any atom is 0.129 e. The van der Waals surface area contributed by atoms with Crippen molar-refractivity contribution >= 4 is 15.9 Å². The van der Waals surface area contributed by atoms with Crippen LogP contribution in [-0.2, 0) is 0 Å². The van der Waals surface area contributed by atoms with E-state index in [2.05, 4.69) is 34.2 Å². The van der Waals surface area contributed by atoms with Gasteiger partial charge < -0.3 is 5.32 Å². The zero-order valence-electron chi connectivity index (χ0n) is 11.4. The smallest absolute Gasteiger partial charge is 0.129 e. The molecule has 19 heavy (non-hydrogen) atoms. The van der Waals surface area contributed by atoms with Gasteiger partial charge in [0.05, 0.1) is 6.04 Å². The van der Waals surface area contributed by atoms with Gasteiger partial charge in [0.25, 0.3) is 0 Å². The van der Waals surface area contributed by atoms with Crippen LogP contribution in [0.25, 0.3) is 0 Å². The Morgan fingerprint density at radius 2 is 2.21 bits per heavy atom. The lowest BCUT2D eigenvalue weighted by Crippen LogP contribution is -2.26. The van der Waals surface area contributed by atoms with E-state index in [4.69, 9.17) is 0 Å². The number of hydrogen-bond donors (Lipinski definition) is 1. The molecule has 0 bridgehead atoms. The number of allylic oxidation sites excluding steroid dienone is 1. The molecule has 0 radical (unpaired) electrons. The molecule has 1 atom stereocenters. The van der Waals surface area contributed by atoms with E-state index in [1.165, 1.54) is 18.4 Å². The molecule has 0 aliphatic heterocycles. The topological polar surface area (TPSA) is 12.0 Å². The van der Waals surface area contributed by atoms with Gasteiger partial charge in [0.15, 0.2) is 0 Å². The molecule has 1 unspecified atom stereocenters. The molecule has 1 nitrogen and oxygen atoms in total. The number of hydrogen-bond acceptors (Lipinski definition) is 1. The third kappa shape index (κ3) is 3.67. The Kier molecular flexibility index (Phi) is 5.59. The van der Waals surface area contributed by atoms with E-state index >= 15 is 0 Å². The van der Waals surface area contributed by atoms with Crippen molar-refractivity contribution in [1.29, 1.82) is 0 Å². The van der Waals surface area contributed by atoms with E-state index in [1.54, 1.807) is 12.1 Å². The first-order valence-corrected chi connectivity index (χ1v) is 7.89. The Hall–Kier alpha value is -0.670. The summed E-state index contributed by atoms with van der Waals surface area (Å²) < 4.78 is 15.0. The fraction of sp³-hybridized carbons (Fsp3) is 0.500.